The molecule has 1 fully saturated rings. The van der Waals surface area contributed by atoms with Crippen LogP contribution in [0, 0.1) is 5.92 Å². The van der Waals surface area contributed by atoms with Crippen LogP contribution in [0.1, 0.15) is 46.0 Å². The van der Waals surface area contributed by atoms with Gasteiger partial charge < -0.3 is 15.3 Å². The second-order valence-corrected chi connectivity index (χ2v) is 6.21. The molecule has 1 aliphatic rings. The van der Waals surface area contributed by atoms with Gasteiger partial charge in [0.15, 0.2) is 0 Å². The van der Waals surface area contributed by atoms with Crippen LogP contribution >= 0.6 is 0 Å². The molecule has 0 saturated heterocycles. The molecule has 3 nitrogen and oxygen atoms in total. The molecule has 1 unspecified atom stereocenters. The van der Waals surface area contributed by atoms with Crippen LogP contribution in [0.25, 0.3) is 0 Å². The van der Waals surface area contributed by atoms with Crippen LogP contribution in [0.5, 0.6) is 0 Å². The summed E-state index contributed by atoms with van der Waals surface area (Å²) in [5, 5.41) is 13.7. The summed E-state index contributed by atoms with van der Waals surface area (Å²) >= 11 is 0. The Hall–Kier alpha value is -0.120. The van der Waals surface area contributed by atoms with Gasteiger partial charge >= 0.3 is 0 Å². The number of aliphatic hydroxyl groups is 1. The van der Waals surface area contributed by atoms with Crippen LogP contribution in [0.3, 0.4) is 0 Å². The Morgan fingerprint density at radius 2 is 1.88 bits per heavy atom. The van der Waals surface area contributed by atoms with Crippen molar-refractivity contribution in [2.24, 2.45) is 5.92 Å². The first-order chi connectivity index (χ1) is 7.99. The quantitative estimate of drug-likeness (QED) is 0.746. The van der Waals surface area contributed by atoms with Crippen molar-refractivity contribution in [1.29, 1.82) is 0 Å². The normalized spacial score (nSPS) is 27.7. The number of likely N-dealkylation sites (N-methyl/N-ethyl adjacent to an activating group) is 1. The molecule has 0 bridgehead atoms. The van der Waals surface area contributed by atoms with Crippen molar-refractivity contribution >= 4 is 0 Å². The molecule has 3 atom stereocenters. The van der Waals surface area contributed by atoms with Crippen LogP contribution < -0.4 is 5.32 Å². The third kappa shape index (κ3) is 5.84. The van der Waals surface area contributed by atoms with Gasteiger partial charge in [-0.3, -0.25) is 0 Å². The third-order valence-corrected chi connectivity index (χ3v) is 3.52. The molecular weight excluding hydrogens is 212 g/mol. The highest BCUT2D eigenvalue weighted by molar-refractivity contribution is 4.84. The number of nitrogens with zero attached hydrogens (tertiary/aromatic N) is 1. The van der Waals surface area contributed by atoms with Gasteiger partial charge in [0.1, 0.15) is 0 Å². The first-order valence-corrected chi connectivity index (χ1v) is 7.08. The van der Waals surface area contributed by atoms with E-state index >= 15 is 0 Å². The maximum Gasteiger partial charge on any atom is 0.0693 e. The Bertz CT molecular complexity index is 196. The second-order valence-electron chi connectivity index (χ2n) is 6.21. The van der Waals surface area contributed by atoms with Crippen molar-refractivity contribution in [2.75, 3.05) is 20.6 Å². The Morgan fingerprint density at radius 3 is 2.41 bits per heavy atom. The molecule has 0 heterocycles. The molecule has 0 aliphatic heterocycles. The van der Waals surface area contributed by atoms with Crippen molar-refractivity contribution < 1.29 is 5.11 Å². The van der Waals surface area contributed by atoms with Gasteiger partial charge in [-0.25, -0.2) is 0 Å². The van der Waals surface area contributed by atoms with E-state index in [0.29, 0.717) is 18.0 Å². The molecule has 0 aromatic heterocycles. The van der Waals surface area contributed by atoms with E-state index < -0.39 is 0 Å². The maximum absolute atomic E-state index is 10.0. The van der Waals surface area contributed by atoms with Gasteiger partial charge in [-0.2, -0.15) is 0 Å². The van der Waals surface area contributed by atoms with Gasteiger partial charge in [0.05, 0.1) is 6.10 Å². The summed E-state index contributed by atoms with van der Waals surface area (Å²) in [7, 11) is 4.23. The zero-order valence-corrected chi connectivity index (χ0v) is 11.9. The summed E-state index contributed by atoms with van der Waals surface area (Å²) in [6, 6.07) is 0.815. The Balaban J connectivity index is 2.45. The van der Waals surface area contributed by atoms with Crippen molar-refractivity contribution in [3.63, 3.8) is 0 Å². The Morgan fingerprint density at radius 1 is 1.24 bits per heavy atom. The summed E-state index contributed by atoms with van der Waals surface area (Å²) in [4.78, 5) is 2.23. The molecule has 1 aliphatic carbocycles. The molecule has 0 amide bonds. The number of hydrogen-bond acceptors (Lipinski definition) is 3. The van der Waals surface area contributed by atoms with Gasteiger partial charge in [0, 0.05) is 18.6 Å². The molecular formula is C14H30N2O. The van der Waals surface area contributed by atoms with Gasteiger partial charge in [-0.05, 0) is 39.3 Å². The Kier molecular flexibility index (Phi) is 6.45. The van der Waals surface area contributed by atoms with Crippen LogP contribution in [-0.2, 0) is 0 Å². The fourth-order valence-electron chi connectivity index (χ4n) is 2.81. The lowest BCUT2D eigenvalue weighted by atomic mass is 9.91. The smallest absolute Gasteiger partial charge is 0.0693 e. The molecule has 2 N–H and O–H groups in total. The standard InChI is InChI=1S/C14H30N2O/c1-11(2)9-12(10-16(3)4)15-13-7-5-6-8-14(13)17/h11-15,17H,5-10H2,1-4H3/t12?,13-,14-/m0/s1. The van der Waals surface area contributed by atoms with E-state index in [0.717, 1.165) is 19.4 Å². The minimum absolute atomic E-state index is 0.138. The summed E-state index contributed by atoms with van der Waals surface area (Å²) in [6.07, 6.45) is 5.58. The zero-order valence-electron chi connectivity index (χ0n) is 11.9. The molecule has 3 heteroatoms. The van der Waals surface area contributed by atoms with Crippen LogP contribution in [0.4, 0.5) is 0 Å². The maximum atomic E-state index is 10.0. The third-order valence-electron chi connectivity index (χ3n) is 3.52. The number of hydrogen-bond donors (Lipinski definition) is 2. The summed E-state index contributed by atoms with van der Waals surface area (Å²) in [5.41, 5.74) is 0. The summed E-state index contributed by atoms with van der Waals surface area (Å²) in [5.74, 6) is 0.702. The molecule has 17 heavy (non-hydrogen) atoms. The minimum atomic E-state index is -0.138. The van der Waals surface area contributed by atoms with E-state index in [1.807, 2.05) is 0 Å². The minimum Gasteiger partial charge on any atom is -0.392 e. The van der Waals surface area contributed by atoms with Gasteiger partial charge in [-0.15, -0.1) is 0 Å². The van der Waals surface area contributed by atoms with E-state index in [2.05, 4.69) is 38.2 Å². The zero-order chi connectivity index (χ0) is 12.8. The monoisotopic (exact) mass is 242 g/mol. The van der Waals surface area contributed by atoms with E-state index in [1.165, 1.54) is 19.3 Å². The van der Waals surface area contributed by atoms with Crippen molar-refractivity contribution in [3.8, 4) is 0 Å². The predicted molar refractivity (Wildman–Crippen MR) is 73.2 cm³/mol. The van der Waals surface area contributed by atoms with Gasteiger partial charge in [0.2, 0.25) is 0 Å². The highest BCUT2D eigenvalue weighted by Crippen LogP contribution is 2.19. The molecule has 1 rings (SSSR count). The van der Waals surface area contributed by atoms with Crippen LogP contribution in [0.2, 0.25) is 0 Å². The molecule has 0 radical (unpaired) electrons. The molecule has 0 aromatic carbocycles. The number of nitrogens with one attached hydrogen (secondary N) is 1. The molecule has 1 saturated carbocycles. The number of rotatable bonds is 6. The van der Waals surface area contributed by atoms with Gasteiger partial charge in [0.25, 0.3) is 0 Å². The molecule has 0 spiro atoms. The summed E-state index contributed by atoms with van der Waals surface area (Å²) < 4.78 is 0. The predicted octanol–water partition coefficient (Wildman–Crippen LogP) is 1.86. The van der Waals surface area contributed by atoms with E-state index in [9.17, 15) is 5.11 Å². The van der Waals surface area contributed by atoms with E-state index in [4.69, 9.17) is 0 Å². The average Bonchev–Trinajstić information content (AvgIpc) is 2.19. The fourth-order valence-corrected chi connectivity index (χ4v) is 2.81. The SMILES string of the molecule is CC(C)CC(CN(C)C)N[C@H]1CCCC[C@@H]1O. The highest BCUT2D eigenvalue weighted by Gasteiger charge is 2.25. The lowest BCUT2D eigenvalue weighted by Gasteiger charge is -2.34. The van der Waals surface area contributed by atoms with Crippen LogP contribution in [0.15, 0.2) is 0 Å². The van der Waals surface area contributed by atoms with Crippen molar-refractivity contribution in [1.82, 2.24) is 10.2 Å². The average molecular weight is 242 g/mol. The largest absolute Gasteiger partial charge is 0.392 e. The van der Waals surface area contributed by atoms with Crippen LogP contribution in [-0.4, -0.2) is 48.8 Å². The lowest BCUT2D eigenvalue weighted by molar-refractivity contribution is 0.0804. The molecule has 102 valence electrons. The molecule has 0 aromatic rings. The topological polar surface area (TPSA) is 35.5 Å². The second kappa shape index (κ2) is 7.34. The lowest BCUT2D eigenvalue weighted by Crippen LogP contribution is -2.50. The van der Waals surface area contributed by atoms with Crippen molar-refractivity contribution in [2.45, 2.75) is 64.1 Å². The first kappa shape index (κ1) is 14.9. The van der Waals surface area contributed by atoms with Crippen molar-refractivity contribution in [3.05, 3.63) is 0 Å². The first-order valence-electron chi connectivity index (χ1n) is 7.08. The van der Waals surface area contributed by atoms with E-state index in [1.54, 1.807) is 0 Å². The van der Waals surface area contributed by atoms with Gasteiger partial charge in [-0.1, -0.05) is 26.7 Å². The fraction of sp³-hybridized carbons (Fsp3) is 1.00. The summed E-state index contributed by atoms with van der Waals surface area (Å²) in [6.45, 7) is 5.59. The highest BCUT2D eigenvalue weighted by atomic mass is 16.3. The Labute approximate surface area is 107 Å². The van der Waals surface area contributed by atoms with E-state index in [-0.39, 0.29) is 6.10 Å². The number of aliphatic hydroxyl groups excluding tert-OH is 1.